The van der Waals surface area contributed by atoms with Crippen molar-refractivity contribution in [2.75, 3.05) is 25.6 Å². The Labute approximate surface area is 124 Å². The number of hydrogen-bond acceptors (Lipinski definition) is 4. The molecule has 1 aromatic carbocycles. The molecule has 0 spiro atoms. The minimum absolute atomic E-state index is 0.131. The van der Waals surface area contributed by atoms with Crippen LogP contribution in [0.5, 0.6) is 5.75 Å². The molecule has 2 aromatic rings. The number of thiol groups is 1. The molecule has 0 atom stereocenters. The first-order valence-electron chi connectivity index (χ1n) is 6.98. The molecule has 0 N–H and O–H groups in total. The van der Waals surface area contributed by atoms with Gasteiger partial charge in [0.25, 0.3) is 0 Å². The van der Waals surface area contributed by atoms with Crippen LogP contribution in [0.1, 0.15) is 12.8 Å². The predicted molar refractivity (Wildman–Crippen MR) is 83.6 cm³/mol. The standard InChI is InChI=1S/C16H19NO2S/c20-12-16(6-9-18-10-7-16)11-19-15-5-1-4-14-13(15)3-2-8-17-14/h1-5,8,20H,6-7,9-12H2. The van der Waals surface area contributed by atoms with E-state index < -0.39 is 0 Å². The van der Waals surface area contributed by atoms with Crippen LogP contribution >= 0.6 is 12.6 Å². The van der Waals surface area contributed by atoms with Gasteiger partial charge in [0.15, 0.2) is 0 Å². The van der Waals surface area contributed by atoms with Crippen LogP contribution in [0.25, 0.3) is 10.9 Å². The van der Waals surface area contributed by atoms with Crippen LogP contribution in [0.4, 0.5) is 0 Å². The molecule has 4 heteroatoms. The lowest BCUT2D eigenvalue weighted by Crippen LogP contribution is -2.36. The Morgan fingerprint density at radius 1 is 1.20 bits per heavy atom. The van der Waals surface area contributed by atoms with Gasteiger partial charge in [-0.3, -0.25) is 4.98 Å². The molecular formula is C16H19NO2S. The lowest BCUT2D eigenvalue weighted by Gasteiger charge is -2.35. The van der Waals surface area contributed by atoms with Crippen LogP contribution in [-0.2, 0) is 4.74 Å². The Morgan fingerprint density at radius 3 is 2.85 bits per heavy atom. The normalized spacial score (nSPS) is 18.1. The second kappa shape index (κ2) is 6.02. The molecule has 0 unspecified atom stereocenters. The number of benzene rings is 1. The van der Waals surface area contributed by atoms with E-state index in [9.17, 15) is 0 Å². The van der Waals surface area contributed by atoms with Crippen LogP contribution in [0.15, 0.2) is 36.5 Å². The SMILES string of the molecule is SCC1(COc2cccc3ncccc23)CCOCC1. The van der Waals surface area contributed by atoms with Crippen molar-refractivity contribution >= 4 is 23.5 Å². The van der Waals surface area contributed by atoms with Gasteiger partial charge in [0.2, 0.25) is 0 Å². The third kappa shape index (κ3) is 2.76. The van der Waals surface area contributed by atoms with E-state index in [0.717, 1.165) is 48.5 Å². The highest BCUT2D eigenvalue weighted by Gasteiger charge is 2.32. The number of fused-ring (bicyclic) bond motifs is 1. The van der Waals surface area contributed by atoms with E-state index in [1.807, 2.05) is 24.3 Å². The van der Waals surface area contributed by atoms with Gasteiger partial charge in [0, 0.05) is 30.2 Å². The smallest absolute Gasteiger partial charge is 0.128 e. The van der Waals surface area contributed by atoms with Crippen LogP contribution in [0, 0.1) is 5.41 Å². The third-order valence-corrected chi connectivity index (χ3v) is 4.70. The summed E-state index contributed by atoms with van der Waals surface area (Å²) in [5, 5.41) is 1.07. The average Bonchev–Trinajstić information content (AvgIpc) is 2.54. The summed E-state index contributed by atoms with van der Waals surface area (Å²) in [4.78, 5) is 4.36. The monoisotopic (exact) mass is 289 g/mol. The Hall–Kier alpha value is -1.26. The summed E-state index contributed by atoms with van der Waals surface area (Å²) in [7, 11) is 0. The van der Waals surface area contributed by atoms with E-state index in [1.54, 1.807) is 6.20 Å². The maximum Gasteiger partial charge on any atom is 0.128 e. The Kier molecular flexibility index (Phi) is 4.13. The number of aromatic nitrogens is 1. The molecule has 1 saturated heterocycles. The quantitative estimate of drug-likeness (QED) is 0.876. The summed E-state index contributed by atoms with van der Waals surface area (Å²) >= 11 is 4.52. The molecule has 2 heterocycles. The summed E-state index contributed by atoms with van der Waals surface area (Å²) in [6.07, 6.45) is 3.83. The van der Waals surface area contributed by atoms with Crippen molar-refractivity contribution in [3.63, 3.8) is 0 Å². The zero-order valence-corrected chi connectivity index (χ0v) is 12.3. The Morgan fingerprint density at radius 2 is 2.05 bits per heavy atom. The van der Waals surface area contributed by atoms with Gasteiger partial charge in [-0.05, 0) is 42.9 Å². The Balaban J connectivity index is 1.79. The van der Waals surface area contributed by atoms with Crippen LogP contribution < -0.4 is 4.74 Å². The lowest BCUT2D eigenvalue weighted by molar-refractivity contribution is 0.00339. The van der Waals surface area contributed by atoms with Crippen LogP contribution in [-0.4, -0.2) is 30.6 Å². The highest BCUT2D eigenvalue weighted by molar-refractivity contribution is 7.80. The maximum absolute atomic E-state index is 6.11. The molecule has 3 nitrogen and oxygen atoms in total. The number of hydrogen-bond donors (Lipinski definition) is 1. The predicted octanol–water partition coefficient (Wildman–Crippen LogP) is 3.34. The summed E-state index contributed by atoms with van der Waals surface area (Å²) in [5.41, 5.74) is 1.10. The Bertz CT molecular complexity index is 576. The molecule has 1 aliphatic heterocycles. The van der Waals surface area contributed by atoms with Gasteiger partial charge in [-0.2, -0.15) is 12.6 Å². The minimum Gasteiger partial charge on any atom is -0.492 e. The highest BCUT2D eigenvalue weighted by atomic mass is 32.1. The zero-order chi connectivity index (χ0) is 13.8. The van der Waals surface area contributed by atoms with E-state index in [2.05, 4.69) is 23.7 Å². The number of pyridine rings is 1. The fourth-order valence-electron chi connectivity index (χ4n) is 2.58. The van der Waals surface area contributed by atoms with Gasteiger partial charge < -0.3 is 9.47 Å². The van der Waals surface area contributed by atoms with E-state index in [1.165, 1.54) is 0 Å². The molecule has 0 radical (unpaired) electrons. The average molecular weight is 289 g/mol. The molecule has 0 amide bonds. The molecular weight excluding hydrogens is 270 g/mol. The van der Waals surface area contributed by atoms with Crippen molar-refractivity contribution in [1.29, 1.82) is 0 Å². The van der Waals surface area contributed by atoms with Crippen molar-refractivity contribution in [1.82, 2.24) is 4.98 Å². The maximum atomic E-state index is 6.11. The van der Waals surface area contributed by atoms with Gasteiger partial charge >= 0.3 is 0 Å². The molecule has 106 valence electrons. The van der Waals surface area contributed by atoms with Crippen molar-refractivity contribution in [3.8, 4) is 5.75 Å². The summed E-state index contributed by atoms with van der Waals surface area (Å²) in [6.45, 7) is 2.30. The summed E-state index contributed by atoms with van der Waals surface area (Å²) in [5.74, 6) is 1.74. The first-order chi connectivity index (χ1) is 9.83. The highest BCUT2D eigenvalue weighted by Crippen LogP contribution is 2.33. The van der Waals surface area contributed by atoms with E-state index in [0.29, 0.717) is 6.61 Å². The second-order valence-electron chi connectivity index (χ2n) is 5.39. The van der Waals surface area contributed by atoms with Crippen LogP contribution in [0.2, 0.25) is 0 Å². The fourth-order valence-corrected chi connectivity index (χ4v) is 2.99. The molecule has 1 aliphatic rings. The van der Waals surface area contributed by atoms with E-state index in [4.69, 9.17) is 9.47 Å². The molecule has 1 aromatic heterocycles. The van der Waals surface area contributed by atoms with Gasteiger partial charge in [-0.15, -0.1) is 0 Å². The first-order valence-corrected chi connectivity index (χ1v) is 7.61. The topological polar surface area (TPSA) is 31.4 Å². The van der Waals surface area contributed by atoms with Gasteiger partial charge in [-0.25, -0.2) is 0 Å². The van der Waals surface area contributed by atoms with E-state index in [-0.39, 0.29) is 5.41 Å². The van der Waals surface area contributed by atoms with Gasteiger partial charge in [-0.1, -0.05) is 6.07 Å². The van der Waals surface area contributed by atoms with Crippen molar-refractivity contribution in [3.05, 3.63) is 36.5 Å². The largest absolute Gasteiger partial charge is 0.492 e. The molecule has 0 aliphatic carbocycles. The first kappa shape index (κ1) is 13.7. The zero-order valence-electron chi connectivity index (χ0n) is 11.4. The van der Waals surface area contributed by atoms with Crippen molar-refractivity contribution in [2.24, 2.45) is 5.41 Å². The minimum atomic E-state index is 0.131. The second-order valence-corrected chi connectivity index (χ2v) is 5.70. The van der Waals surface area contributed by atoms with Crippen molar-refractivity contribution < 1.29 is 9.47 Å². The van der Waals surface area contributed by atoms with E-state index >= 15 is 0 Å². The molecule has 0 saturated carbocycles. The van der Waals surface area contributed by atoms with Gasteiger partial charge in [0.05, 0.1) is 12.1 Å². The molecule has 0 bridgehead atoms. The fraction of sp³-hybridized carbons (Fsp3) is 0.438. The number of ether oxygens (including phenoxy) is 2. The number of rotatable bonds is 4. The molecule has 3 rings (SSSR count). The third-order valence-electron chi connectivity index (χ3n) is 4.03. The summed E-state index contributed by atoms with van der Waals surface area (Å²) < 4.78 is 11.6. The lowest BCUT2D eigenvalue weighted by atomic mass is 9.83. The van der Waals surface area contributed by atoms with Gasteiger partial charge in [0.1, 0.15) is 5.75 Å². The number of nitrogens with zero attached hydrogens (tertiary/aromatic N) is 1. The van der Waals surface area contributed by atoms with Crippen LogP contribution in [0.3, 0.4) is 0 Å². The molecule has 20 heavy (non-hydrogen) atoms. The molecule has 1 fully saturated rings. The summed E-state index contributed by atoms with van der Waals surface area (Å²) in [6, 6.07) is 10.00. The van der Waals surface area contributed by atoms with Crippen molar-refractivity contribution in [2.45, 2.75) is 12.8 Å².